The van der Waals surface area contributed by atoms with E-state index >= 15 is 0 Å². The van der Waals surface area contributed by atoms with E-state index in [-0.39, 0.29) is 23.7 Å². The molecule has 2 aromatic rings. The Bertz CT molecular complexity index is 1370. The molecule has 6 rings (SSSR count). The monoisotopic (exact) mass is 514 g/mol. The van der Waals surface area contributed by atoms with Crippen LogP contribution in [0.3, 0.4) is 0 Å². The summed E-state index contributed by atoms with van der Waals surface area (Å²) >= 11 is 0. The maximum atomic E-state index is 13.7. The van der Waals surface area contributed by atoms with E-state index in [0.717, 1.165) is 30.8 Å². The van der Waals surface area contributed by atoms with Crippen LogP contribution in [-0.4, -0.2) is 52.1 Å². The van der Waals surface area contributed by atoms with Gasteiger partial charge in [0, 0.05) is 13.0 Å². The fraction of sp³-hybridized carbons (Fsp3) is 0.433. The number of phenols is 1. The van der Waals surface area contributed by atoms with Crippen LogP contribution in [0.5, 0.6) is 5.75 Å². The molecule has 0 bridgehead atoms. The second-order valence-corrected chi connectivity index (χ2v) is 11.3. The first-order valence-corrected chi connectivity index (χ1v) is 13.3. The van der Waals surface area contributed by atoms with Crippen molar-refractivity contribution in [3.63, 3.8) is 0 Å². The van der Waals surface area contributed by atoms with Gasteiger partial charge in [0.05, 0.1) is 17.4 Å². The Morgan fingerprint density at radius 3 is 2.26 bits per heavy atom. The largest absolute Gasteiger partial charge is 0.507 e. The molecule has 8 heteroatoms. The lowest BCUT2D eigenvalue weighted by Crippen LogP contribution is -2.56. The highest BCUT2D eigenvalue weighted by atomic mass is 16.3. The van der Waals surface area contributed by atoms with Crippen LogP contribution in [0.15, 0.2) is 36.4 Å². The van der Waals surface area contributed by atoms with Crippen molar-refractivity contribution in [1.29, 1.82) is 0 Å². The summed E-state index contributed by atoms with van der Waals surface area (Å²) in [6.07, 6.45) is 3.10. The third-order valence-electron chi connectivity index (χ3n) is 8.98. The Hall–Kier alpha value is -3.65. The van der Waals surface area contributed by atoms with Gasteiger partial charge in [0.25, 0.3) is 0 Å². The summed E-state index contributed by atoms with van der Waals surface area (Å²) in [6.45, 7) is 3.12. The number of amides is 1. The molecule has 4 aliphatic rings. The summed E-state index contributed by atoms with van der Waals surface area (Å²) in [7, 11) is 0. The molecule has 1 amide bonds. The number of hydrogen-bond acceptors (Lipinski definition) is 7. The van der Waals surface area contributed by atoms with Crippen LogP contribution in [0.4, 0.5) is 0 Å². The summed E-state index contributed by atoms with van der Waals surface area (Å²) in [5, 5.41) is 10.7. The Morgan fingerprint density at radius 2 is 1.58 bits per heavy atom. The molecule has 2 aromatic carbocycles. The van der Waals surface area contributed by atoms with Crippen molar-refractivity contribution in [3.05, 3.63) is 53.1 Å². The van der Waals surface area contributed by atoms with E-state index in [1.165, 1.54) is 24.5 Å². The summed E-state index contributed by atoms with van der Waals surface area (Å²) in [6, 6.07) is 11.5. The molecule has 3 aliphatic carbocycles. The van der Waals surface area contributed by atoms with Crippen LogP contribution in [-0.2, 0) is 32.1 Å². The molecule has 0 spiro atoms. The number of primary amides is 1. The molecule has 38 heavy (non-hydrogen) atoms. The number of Topliss-reactive ketones (excluding diaryl/α,β-unsaturated/α-hetero) is 4. The van der Waals surface area contributed by atoms with Gasteiger partial charge in [-0.2, -0.15) is 0 Å². The quantitative estimate of drug-likeness (QED) is 0.599. The van der Waals surface area contributed by atoms with Gasteiger partial charge in [0.2, 0.25) is 5.91 Å². The molecule has 0 aromatic heterocycles. The van der Waals surface area contributed by atoms with Gasteiger partial charge in [0.15, 0.2) is 29.1 Å². The number of ketones is 4. The third kappa shape index (κ3) is 3.89. The first kappa shape index (κ1) is 24.7. The number of nitrogens with two attached hydrogens (primary N) is 1. The van der Waals surface area contributed by atoms with Gasteiger partial charge in [0.1, 0.15) is 5.75 Å². The average Bonchev–Trinajstić information content (AvgIpc) is 3.37. The standard InChI is InChI=1S/C30H30N2O6/c31-30(38)26-22(34)13-18-11-17-12-20-19(16-5-3-15(4-6-16)14-32-9-1-2-10-32)7-8-21(33)25(20)28(36)23(17)27(35)24(18)29(26)37/h3-8,17-18,23-24,26,33H,1-2,9-14H2,(H2,31,38). The smallest absolute Gasteiger partial charge is 0.235 e. The Balaban J connectivity index is 1.33. The molecule has 8 nitrogen and oxygen atoms in total. The topological polar surface area (TPSA) is 135 Å². The van der Waals surface area contributed by atoms with Gasteiger partial charge in [-0.1, -0.05) is 30.3 Å². The second-order valence-electron chi connectivity index (χ2n) is 11.3. The molecule has 0 radical (unpaired) electrons. The number of nitrogens with zero attached hydrogens (tertiary/aromatic N) is 1. The van der Waals surface area contributed by atoms with Crippen molar-refractivity contribution in [2.45, 2.75) is 38.6 Å². The fourth-order valence-corrected chi connectivity index (χ4v) is 7.25. The van der Waals surface area contributed by atoms with Crippen molar-refractivity contribution in [1.82, 2.24) is 4.90 Å². The number of hydrogen-bond donors (Lipinski definition) is 2. The van der Waals surface area contributed by atoms with E-state index in [0.29, 0.717) is 18.4 Å². The molecule has 5 atom stereocenters. The van der Waals surface area contributed by atoms with Crippen molar-refractivity contribution in [2.24, 2.45) is 35.3 Å². The number of rotatable bonds is 4. The zero-order valence-corrected chi connectivity index (χ0v) is 21.0. The maximum Gasteiger partial charge on any atom is 0.235 e. The molecular formula is C30H30N2O6. The maximum absolute atomic E-state index is 13.7. The number of aromatic hydroxyl groups is 1. The molecule has 3 fully saturated rings. The summed E-state index contributed by atoms with van der Waals surface area (Å²) in [5.74, 6) is -8.45. The molecule has 1 saturated heterocycles. The Morgan fingerprint density at radius 1 is 0.895 bits per heavy atom. The lowest BCUT2D eigenvalue weighted by atomic mass is 9.56. The number of fused-ring (bicyclic) bond motifs is 3. The lowest BCUT2D eigenvalue weighted by molar-refractivity contribution is -0.152. The van der Waals surface area contributed by atoms with Gasteiger partial charge in [-0.15, -0.1) is 0 Å². The first-order chi connectivity index (χ1) is 18.2. The zero-order chi connectivity index (χ0) is 26.7. The first-order valence-electron chi connectivity index (χ1n) is 13.3. The molecule has 1 heterocycles. The second kappa shape index (κ2) is 9.27. The predicted octanol–water partition coefficient (Wildman–Crippen LogP) is 2.47. The Kier molecular flexibility index (Phi) is 6.02. The highest BCUT2D eigenvalue weighted by Crippen LogP contribution is 2.49. The summed E-state index contributed by atoms with van der Waals surface area (Å²) in [4.78, 5) is 67.0. The van der Waals surface area contributed by atoms with Crippen LogP contribution in [0.1, 0.15) is 47.2 Å². The van der Waals surface area contributed by atoms with Gasteiger partial charge >= 0.3 is 0 Å². The minimum Gasteiger partial charge on any atom is -0.507 e. The zero-order valence-electron chi connectivity index (χ0n) is 21.0. The molecule has 5 unspecified atom stereocenters. The van der Waals surface area contributed by atoms with Gasteiger partial charge in [-0.3, -0.25) is 28.9 Å². The van der Waals surface area contributed by atoms with Crippen LogP contribution >= 0.6 is 0 Å². The summed E-state index contributed by atoms with van der Waals surface area (Å²) in [5.41, 5.74) is 9.07. The van der Waals surface area contributed by atoms with E-state index in [9.17, 15) is 29.1 Å². The van der Waals surface area contributed by atoms with E-state index < -0.39 is 52.7 Å². The molecule has 196 valence electrons. The van der Waals surface area contributed by atoms with E-state index in [2.05, 4.69) is 17.0 Å². The number of carbonyl (C=O) groups excluding carboxylic acids is 5. The molecule has 3 N–H and O–H groups in total. The van der Waals surface area contributed by atoms with Crippen LogP contribution in [0.25, 0.3) is 11.1 Å². The van der Waals surface area contributed by atoms with E-state index in [1.54, 1.807) is 6.07 Å². The summed E-state index contributed by atoms with van der Waals surface area (Å²) < 4.78 is 0. The number of carbonyl (C=O) groups is 5. The van der Waals surface area contributed by atoms with Crippen molar-refractivity contribution in [3.8, 4) is 16.9 Å². The lowest BCUT2D eigenvalue weighted by Gasteiger charge is -2.44. The van der Waals surface area contributed by atoms with Gasteiger partial charge in [-0.05, 0) is 78.9 Å². The van der Waals surface area contributed by atoms with E-state index in [4.69, 9.17) is 5.73 Å². The SMILES string of the molecule is NC(=O)C1C(=O)CC2CC3Cc4c(-c5ccc(CN6CCCC6)cc5)ccc(O)c4C(=O)C3C(=O)C2C1=O. The van der Waals surface area contributed by atoms with Crippen LogP contribution in [0.2, 0.25) is 0 Å². The Labute approximate surface area is 220 Å². The highest BCUT2D eigenvalue weighted by Gasteiger charge is 2.57. The third-order valence-corrected chi connectivity index (χ3v) is 8.98. The van der Waals surface area contributed by atoms with Gasteiger partial charge < -0.3 is 10.8 Å². The average molecular weight is 515 g/mol. The predicted molar refractivity (Wildman–Crippen MR) is 137 cm³/mol. The number of likely N-dealkylation sites (tertiary alicyclic amines) is 1. The van der Waals surface area contributed by atoms with Crippen molar-refractivity contribution < 1.29 is 29.1 Å². The van der Waals surface area contributed by atoms with Crippen LogP contribution < -0.4 is 5.73 Å². The van der Waals surface area contributed by atoms with E-state index in [1.807, 2.05) is 12.1 Å². The minimum absolute atomic E-state index is 0.0780. The fourth-order valence-electron chi connectivity index (χ4n) is 7.25. The number of phenolic OH excluding ortho intramolecular Hbond substituents is 1. The molecule has 2 saturated carbocycles. The molecular weight excluding hydrogens is 484 g/mol. The highest BCUT2D eigenvalue weighted by molar-refractivity contribution is 6.27. The van der Waals surface area contributed by atoms with Crippen molar-refractivity contribution in [2.75, 3.05) is 13.1 Å². The molecule has 1 aliphatic heterocycles. The van der Waals surface area contributed by atoms with Crippen molar-refractivity contribution >= 4 is 29.0 Å². The van der Waals surface area contributed by atoms with Gasteiger partial charge in [-0.25, -0.2) is 0 Å². The van der Waals surface area contributed by atoms with Crippen LogP contribution in [0, 0.1) is 29.6 Å². The normalized spacial score (nSPS) is 29.1. The minimum atomic E-state index is -1.63. The number of benzene rings is 2.